The Balaban J connectivity index is 1.51. The molecule has 1 saturated heterocycles. The van der Waals surface area contributed by atoms with E-state index >= 15 is 0 Å². The molecule has 0 radical (unpaired) electrons. The van der Waals surface area contributed by atoms with Gasteiger partial charge in [0.05, 0.1) is 18.7 Å². The summed E-state index contributed by atoms with van der Waals surface area (Å²) in [7, 11) is 0. The average molecular weight is 346 g/mol. The van der Waals surface area contributed by atoms with Gasteiger partial charge in [-0.25, -0.2) is 4.98 Å². The van der Waals surface area contributed by atoms with Gasteiger partial charge in [0.2, 0.25) is 0 Å². The lowest BCUT2D eigenvalue weighted by Crippen LogP contribution is -2.42. The quantitative estimate of drug-likeness (QED) is 0.927. The number of hydrogen-bond donors (Lipinski definition) is 1. The third-order valence-corrected chi connectivity index (χ3v) is 5.91. The fourth-order valence-electron chi connectivity index (χ4n) is 3.45. The summed E-state index contributed by atoms with van der Waals surface area (Å²) < 4.78 is 5.80. The second kappa shape index (κ2) is 6.64. The number of rotatable bonds is 3. The largest absolute Gasteiger partial charge is 0.366 e. The maximum atomic E-state index is 13.0. The van der Waals surface area contributed by atoms with Gasteiger partial charge in [0.1, 0.15) is 11.9 Å². The summed E-state index contributed by atoms with van der Waals surface area (Å²) in [5.41, 5.74) is 2.19. The van der Waals surface area contributed by atoms with Crippen molar-refractivity contribution in [2.45, 2.75) is 45.1 Å². The number of amides is 1. The number of carbonyl (C=O) groups excluding carboxylic acids is 1. The van der Waals surface area contributed by atoms with Gasteiger partial charge in [-0.15, -0.1) is 11.3 Å². The zero-order valence-corrected chi connectivity index (χ0v) is 14.7. The monoisotopic (exact) mass is 346 g/mol. The maximum Gasteiger partial charge on any atom is 0.255 e. The van der Waals surface area contributed by atoms with E-state index in [0.29, 0.717) is 25.5 Å². The van der Waals surface area contributed by atoms with E-state index in [-0.39, 0.29) is 12.0 Å². The van der Waals surface area contributed by atoms with Crippen LogP contribution in [0, 0.1) is 0 Å². The molecule has 24 heavy (non-hydrogen) atoms. The third kappa shape index (κ3) is 2.86. The van der Waals surface area contributed by atoms with E-state index in [1.165, 1.54) is 23.3 Å². The van der Waals surface area contributed by atoms with Gasteiger partial charge in [-0.2, -0.15) is 5.10 Å². The first-order valence-electron chi connectivity index (χ1n) is 8.67. The molecule has 0 spiro atoms. The highest BCUT2D eigenvalue weighted by molar-refractivity contribution is 7.10. The van der Waals surface area contributed by atoms with Crippen molar-refractivity contribution in [2.24, 2.45) is 0 Å². The molecule has 1 fully saturated rings. The van der Waals surface area contributed by atoms with Crippen LogP contribution < -0.4 is 0 Å². The van der Waals surface area contributed by atoms with Crippen LogP contribution in [0.1, 0.15) is 58.3 Å². The van der Waals surface area contributed by atoms with Gasteiger partial charge in [0.15, 0.2) is 5.82 Å². The molecule has 4 rings (SSSR count). The van der Waals surface area contributed by atoms with E-state index in [1.54, 1.807) is 11.3 Å². The molecule has 0 saturated carbocycles. The molecule has 1 atom stereocenters. The number of ether oxygens (including phenoxy) is 1. The van der Waals surface area contributed by atoms with Crippen LogP contribution >= 0.6 is 11.3 Å². The van der Waals surface area contributed by atoms with Gasteiger partial charge in [0, 0.05) is 23.2 Å². The minimum atomic E-state index is -0.242. The number of nitrogens with one attached hydrogen (secondary N) is 1. The molecule has 1 amide bonds. The van der Waals surface area contributed by atoms with Crippen LogP contribution in [-0.4, -0.2) is 45.7 Å². The van der Waals surface area contributed by atoms with Crippen molar-refractivity contribution in [2.75, 3.05) is 19.7 Å². The van der Waals surface area contributed by atoms with Crippen molar-refractivity contribution in [1.29, 1.82) is 0 Å². The lowest BCUT2D eigenvalue weighted by atomic mass is 9.95. The number of H-pyrrole nitrogens is 1. The molecule has 7 heteroatoms. The van der Waals surface area contributed by atoms with Crippen molar-refractivity contribution in [3.05, 3.63) is 33.0 Å². The molecule has 3 heterocycles. The predicted octanol–water partition coefficient (Wildman–Crippen LogP) is 2.52. The normalized spacial score (nSPS) is 20.9. The van der Waals surface area contributed by atoms with Crippen molar-refractivity contribution in [1.82, 2.24) is 20.1 Å². The van der Waals surface area contributed by atoms with Crippen LogP contribution in [0.3, 0.4) is 0 Å². The molecular formula is C17H22N4O2S. The van der Waals surface area contributed by atoms with E-state index in [2.05, 4.69) is 15.2 Å². The molecule has 128 valence electrons. The molecule has 1 aliphatic heterocycles. The Hall–Kier alpha value is -1.73. The number of thiophene rings is 1. The van der Waals surface area contributed by atoms with E-state index < -0.39 is 0 Å². The minimum Gasteiger partial charge on any atom is -0.366 e. The third-order valence-electron chi connectivity index (χ3n) is 4.82. The van der Waals surface area contributed by atoms with Crippen molar-refractivity contribution in [3.63, 3.8) is 0 Å². The van der Waals surface area contributed by atoms with Gasteiger partial charge in [-0.1, -0.05) is 6.92 Å². The van der Waals surface area contributed by atoms with Gasteiger partial charge in [-0.3, -0.25) is 9.89 Å². The second-order valence-corrected chi connectivity index (χ2v) is 7.33. The van der Waals surface area contributed by atoms with E-state index in [9.17, 15) is 4.79 Å². The lowest BCUT2D eigenvalue weighted by molar-refractivity contribution is -0.0267. The van der Waals surface area contributed by atoms with Crippen LogP contribution in [0.4, 0.5) is 0 Å². The Morgan fingerprint density at radius 2 is 2.33 bits per heavy atom. The molecule has 1 N–H and O–H groups in total. The van der Waals surface area contributed by atoms with Crippen LogP contribution in [-0.2, 0) is 24.0 Å². The first-order valence-corrected chi connectivity index (χ1v) is 9.55. The smallest absolute Gasteiger partial charge is 0.255 e. The zero-order valence-electron chi connectivity index (χ0n) is 13.9. The molecule has 2 aliphatic rings. The van der Waals surface area contributed by atoms with Crippen molar-refractivity contribution < 1.29 is 9.53 Å². The average Bonchev–Trinajstić information content (AvgIpc) is 3.28. The molecule has 2 aromatic heterocycles. The van der Waals surface area contributed by atoms with Gasteiger partial charge < -0.3 is 9.64 Å². The summed E-state index contributed by atoms with van der Waals surface area (Å²) in [6.07, 6.45) is 5.15. The van der Waals surface area contributed by atoms with Gasteiger partial charge in [-0.05, 0) is 31.2 Å². The van der Waals surface area contributed by atoms with Crippen LogP contribution in [0.25, 0.3) is 0 Å². The van der Waals surface area contributed by atoms with Crippen LogP contribution in [0.15, 0.2) is 5.38 Å². The highest BCUT2D eigenvalue weighted by Crippen LogP contribution is 2.31. The highest BCUT2D eigenvalue weighted by Gasteiger charge is 2.30. The summed E-state index contributed by atoms with van der Waals surface area (Å²) in [5.74, 6) is 1.63. The number of aryl methyl sites for hydroxylation is 2. The number of aromatic amines is 1. The fraction of sp³-hybridized carbons (Fsp3) is 0.588. The molecule has 0 aromatic carbocycles. The number of nitrogens with zero attached hydrogens (tertiary/aromatic N) is 3. The second-order valence-electron chi connectivity index (χ2n) is 6.36. The molecule has 0 unspecified atom stereocenters. The summed E-state index contributed by atoms with van der Waals surface area (Å²) in [5, 5.41) is 9.21. The number of aromatic nitrogens is 3. The summed E-state index contributed by atoms with van der Waals surface area (Å²) in [4.78, 5) is 20.7. The van der Waals surface area contributed by atoms with Gasteiger partial charge in [0.25, 0.3) is 5.91 Å². The number of carbonyl (C=O) groups is 1. The molecular weight excluding hydrogens is 324 g/mol. The Bertz CT molecular complexity index is 739. The summed E-state index contributed by atoms with van der Waals surface area (Å²) in [6.45, 7) is 3.70. The summed E-state index contributed by atoms with van der Waals surface area (Å²) in [6, 6.07) is 0. The minimum absolute atomic E-state index is 0.133. The maximum absolute atomic E-state index is 13.0. The number of morpholine rings is 1. The highest BCUT2D eigenvalue weighted by atomic mass is 32.1. The number of fused-ring (bicyclic) bond motifs is 1. The zero-order chi connectivity index (χ0) is 16.5. The molecule has 6 nitrogen and oxygen atoms in total. The van der Waals surface area contributed by atoms with Crippen LogP contribution in [0.5, 0.6) is 0 Å². The van der Waals surface area contributed by atoms with Crippen molar-refractivity contribution in [3.8, 4) is 0 Å². The van der Waals surface area contributed by atoms with E-state index in [4.69, 9.17) is 4.74 Å². The van der Waals surface area contributed by atoms with Crippen molar-refractivity contribution >= 4 is 17.2 Å². The van der Waals surface area contributed by atoms with Crippen LogP contribution in [0.2, 0.25) is 0 Å². The Kier molecular flexibility index (Phi) is 4.37. The fourth-order valence-corrected chi connectivity index (χ4v) is 4.57. The molecule has 1 aliphatic carbocycles. The van der Waals surface area contributed by atoms with E-state index in [1.807, 2.05) is 17.2 Å². The summed E-state index contributed by atoms with van der Waals surface area (Å²) >= 11 is 1.74. The topological polar surface area (TPSA) is 71.1 Å². The Labute approximate surface area is 145 Å². The standard InChI is InChI=1S/C17H22N4O2S/c1-2-15-18-16(20-19-15)13-9-21(7-8-23-13)17(22)12-10-24-14-6-4-3-5-11(12)14/h10,13H,2-9H2,1H3,(H,18,19,20)/t13-/m1/s1. The Morgan fingerprint density at radius 1 is 1.46 bits per heavy atom. The first kappa shape index (κ1) is 15.8. The SMILES string of the molecule is CCc1nc([C@H]2CN(C(=O)c3csc4c3CCCC4)CCO2)n[nH]1. The number of hydrogen-bond acceptors (Lipinski definition) is 5. The predicted molar refractivity (Wildman–Crippen MR) is 91.3 cm³/mol. The van der Waals surface area contributed by atoms with Gasteiger partial charge >= 0.3 is 0 Å². The van der Waals surface area contributed by atoms with E-state index in [0.717, 1.165) is 30.7 Å². The first-order chi connectivity index (χ1) is 11.8. The molecule has 2 aromatic rings. The lowest BCUT2D eigenvalue weighted by Gasteiger charge is -2.32. The molecule has 0 bridgehead atoms. The Morgan fingerprint density at radius 3 is 3.17 bits per heavy atom.